The van der Waals surface area contributed by atoms with Gasteiger partial charge in [-0.3, -0.25) is 4.79 Å². The number of phenols is 1. The van der Waals surface area contributed by atoms with E-state index in [0.29, 0.717) is 12.2 Å². The molecule has 1 heterocycles. The highest BCUT2D eigenvalue weighted by Gasteiger charge is 2.20. The fourth-order valence-corrected chi connectivity index (χ4v) is 2.22. The minimum Gasteiger partial charge on any atom is -0.508 e. The lowest BCUT2D eigenvalue weighted by Gasteiger charge is -2.19. The lowest BCUT2D eigenvalue weighted by molar-refractivity contribution is -0.121. The maximum atomic E-state index is 11.5. The van der Waals surface area contributed by atoms with Crippen LogP contribution < -0.4 is 5.32 Å². The number of hydrogen-bond donors (Lipinski definition) is 2. The minimum absolute atomic E-state index is 0.0575. The maximum Gasteiger partial charge on any atom is 0.220 e. The van der Waals surface area contributed by atoms with Gasteiger partial charge in [-0.25, -0.2) is 0 Å². The molecule has 1 aromatic carbocycles. The van der Waals surface area contributed by atoms with Gasteiger partial charge in [-0.15, -0.1) is 0 Å². The Morgan fingerprint density at radius 2 is 2.19 bits per heavy atom. The van der Waals surface area contributed by atoms with E-state index in [1.54, 1.807) is 6.07 Å². The van der Waals surface area contributed by atoms with Crippen molar-refractivity contribution in [2.24, 2.45) is 0 Å². The van der Waals surface area contributed by atoms with Gasteiger partial charge in [0.15, 0.2) is 0 Å². The SMILES string of the molecule is Cc1c(O)cccc1C1CCCCC(=O)N1. The van der Waals surface area contributed by atoms with Gasteiger partial charge in [0.25, 0.3) is 0 Å². The predicted molar refractivity (Wildman–Crippen MR) is 62.2 cm³/mol. The van der Waals surface area contributed by atoms with Crippen molar-refractivity contribution in [3.05, 3.63) is 29.3 Å². The number of carbonyl (C=O) groups is 1. The van der Waals surface area contributed by atoms with Crippen molar-refractivity contribution in [2.45, 2.75) is 38.6 Å². The van der Waals surface area contributed by atoms with Gasteiger partial charge >= 0.3 is 0 Å². The molecule has 2 N–H and O–H groups in total. The summed E-state index contributed by atoms with van der Waals surface area (Å²) in [6.07, 6.45) is 3.59. The fraction of sp³-hybridized carbons (Fsp3) is 0.462. The molecule has 0 aliphatic carbocycles. The summed E-state index contributed by atoms with van der Waals surface area (Å²) in [5.41, 5.74) is 1.91. The molecule has 3 heteroatoms. The Hall–Kier alpha value is -1.51. The Morgan fingerprint density at radius 3 is 3.00 bits per heavy atom. The first-order chi connectivity index (χ1) is 7.68. The van der Waals surface area contributed by atoms with Crippen LogP contribution in [0.4, 0.5) is 0 Å². The smallest absolute Gasteiger partial charge is 0.220 e. The van der Waals surface area contributed by atoms with Gasteiger partial charge in [-0.05, 0) is 37.0 Å². The molecule has 2 rings (SSSR count). The van der Waals surface area contributed by atoms with Crippen molar-refractivity contribution in [3.8, 4) is 5.75 Å². The molecule has 0 aromatic heterocycles. The summed E-state index contributed by atoms with van der Waals surface area (Å²) in [6.45, 7) is 1.89. The second kappa shape index (κ2) is 4.56. The Morgan fingerprint density at radius 1 is 1.38 bits per heavy atom. The van der Waals surface area contributed by atoms with Crippen molar-refractivity contribution in [2.75, 3.05) is 0 Å². The molecule has 1 fully saturated rings. The number of phenolic OH excluding ortho intramolecular Hbond substituents is 1. The van der Waals surface area contributed by atoms with Crippen molar-refractivity contribution in [1.29, 1.82) is 0 Å². The molecule has 1 saturated heterocycles. The minimum atomic E-state index is 0.0575. The first-order valence-corrected chi connectivity index (χ1v) is 5.76. The largest absolute Gasteiger partial charge is 0.508 e. The van der Waals surface area contributed by atoms with Crippen LogP contribution in [0.1, 0.15) is 42.9 Å². The van der Waals surface area contributed by atoms with E-state index in [4.69, 9.17) is 0 Å². The van der Waals surface area contributed by atoms with E-state index in [0.717, 1.165) is 30.4 Å². The quantitative estimate of drug-likeness (QED) is 0.762. The average molecular weight is 219 g/mol. The van der Waals surface area contributed by atoms with Crippen molar-refractivity contribution < 1.29 is 9.90 Å². The van der Waals surface area contributed by atoms with Crippen LogP contribution in [0, 0.1) is 6.92 Å². The summed E-state index contributed by atoms with van der Waals surface area (Å²) in [5, 5.41) is 12.7. The Kier molecular flexibility index (Phi) is 3.13. The van der Waals surface area contributed by atoms with E-state index >= 15 is 0 Å². The molecule has 16 heavy (non-hydrogen) atoms. The summed E-state index contributed by atoms with van der Waals surface area (Å²) in [7, 11) is 0. The molecule has 3 nitrogen and oxygen atoms in total. The van der Waals surface area contributed by atoms with E-state index in [1.165, 1.54) is 0 Å². The Labute approximate surface area is 95.5 Å². The van der Waals surface area contributed by atoms with Crippen LogP contribution in [0.5, 0.6) is 5.75 Å². The van der Waals surface area contributed by atoms with Crippen molar-refractivity contribution in [1.82, 2.24) is 5.32 Å². The Balaban J connectivity index is 2.28. The van der Waals surface area contributed by atoms with Gasteiger partial charge in [0, 0.05) is 6.42 Å². The second-order valence-corrected chi connectivity index (χ2v) is 4.36. The first-order valence-electron chi connectivity index (χ1n) is 5.76. The van der Waals surface area contributed by atoms with E-state index in [-0.39, 0.29) is 11.9 Å². The van der Waals surface area contributed by atoms with Crippen LogP contribution in [0.3, 0.4) is 0 Å². The van der Waals surface area contributed by atoms with Gasteiger partial charge in [0.1, 0.15) is 5.75 Å². The number of carbonyl (C=O) groups excluding carboxylic acids is 1. The number of hydrogen-bond acceptors (Lipinski definition) is 2. The molecule has 0 spiro atoms. The van der Waals surface area contributed by atoms with Crippen LogP contribution in [-0.2, 0) is 4.79 Å². The zero-order valence-electron chi connectivity index (χ0n) is 9.49. The first kappa shape index (κ1) is 11.0. The van der Waals surface area contributed by atoms with E-state index in [1.807, 2.05) is 19.1 Å². The molecule has 86 valence electrons. The van der Waals surface area contributed by atoms with Crippen molar-refractivity contribution >= 4 is 5.91 Å². The summed E-state index contributed by atoms with van der Waals surface area (Å²) >= 11 is 0. The molecular formula is C13H17NO2. The number of nitrogens with one attached hydrogen (secondary N) is 1. The molecule has 1 unspecified atom stereocenters. The van der Waals surface area contributed by atoms with Crippen LogP contribution in [-0.4, -0.2) is 11.0 Å². The van der Waals surface area contributed by atoms with Gasteiger partial charge in [-0.1, -0.05) is 18.6 Å². The Bertz CT molecular complexity index is 401. The molecule has 1 aliphatic rings. The normalized spacial score (nSPS) is 21.3. The van der Waals surface area contributed by atoms with E-state index < -0.39 is 0 Å². The number of benzene rings is 1. The molecule has 1 aromatic rings. The average Bonchev–Trinajstić information content (AvgIpc) is 2.47. The van der Waals surface area contributed by atoms with Gasteiger partial charge in [0.05, 0.1) is 6.04 Å². The summed E-state index contributed by atoms with van der Waals surface area (Å²) in [4.78, 5) is 11.5. The zero-order valence-corrected chi connectivity index (χ0v) is 9.49. The number of rotatable bonds is 1. The van der Waals surface area contributed by atoms with Gasteiger partial charge < -0.3 is 10.4 Å². The van der Waals surface area contributed by atoms with Crippen LogP contribution in [0.25, 0.3) is 0 Å². The van der Waals surface area contributed by atoms with Crippen LogP contribution in [0.2, 0.25) is 0 Å². The summed E-state index contributed by atoms with van der Waals surface area (Å²) < 4.78 is 0. The zero-order chi connectivity index (χ0) is 11.5. The van der Waals surface area contributed by atoms with Gasteiger partial charge in [0.2, 0.25) is 5.91 Å². The highest BCUT2D eigenvalue weighted by atomic mass is 16.3. The fourth-order valence-electron chi connectivity index (χ4n) is 2.22. The number of amides is 1. The highest BCUT2D eigenvalue weighted by molar-refractivity contribution is 5.76. The predicted octanol–water partition coefficient (Wildman–Crippen LogP) is 2.43. The maximum absolute atomic E-state index is 11.5. The third kappa shape index (κ3) is 2.18. The molecule has 1 atom stereocenters. The third-order valence-corrected chi connectivity index (χ3v) is 3.20. The molecule has 0 radical (unpaired) electrons. The highest BCUT2D eigenvalue weighted by Crippen LogP contribution is 2.29. The number of aromatic hydroxyl groups is 1. The van der Waals surface area contributed by atoms with Crippen LogP contribution in [0.15, 0.2) is 18.2 Å². The lowest BCUT2D eigenvalue weighted by atomic mass is 9.97. The molecule has 0 saturated carbocycles. The summed E-state index contributed by atoms with van der Waals surface area (Å²) in [6, 6.07) is 5.54. The second-order valence-electron chi connectivity index (χ2n) is 4.36. The molecule has 1 amide bonds. The topological polar surface area (TPSA) is 49.3 Å². The summed E-state index contributed by atoms with van der Waals surface area (Å²) in [5.74, 6) is 0.418. The van der Waals surface area contributed by atoms with Crippen LogP contribution >= 0.6 is 0 Å². The standard InChI is InChI=1S/C13H17NO2/c1-9-10(5-4-7-12(9)15)11-6-2-3-8-13(16)14-11/h4-5,7,11,15H,2-3,6,8H2,1H3,(H,14,16). The molecular weight excluding hydrogens is 202 g/mol. The molecule has 1 aliphatic heterocycles. The van der Waals surface area contributed by atoms with Crippen molar-refractivity contribution in [3.63, 3.8) is 0 Å². The van der Waals surface area contributed by atoms with E-state index in [2.05, 4.69) is 5.32 Å². The van der Waals surface area contributed by atoms with E-state index in [9.17, 15) is 9.90 Å². The third-order valence-electron chi connectivity index (χ3n) is 3.20. The monoisotopic (exact) mass is 219 g/mol. The molecule has 0 bridgehead atoms. The lowest BCUT2D eigenvalue weighted by Crippen LogP contribution is -2.26. The van der Waals surface area contributed by atoms with Gasteiger partial charge in [-0.2, -0.15) is 0 Å².